The number of carbonyl (C=O) groups is 4. The third-order valence-electron chi connectivity index (χ3n) is 1.67. The molecule has 4 N–H and O–H groups in total. The van der Waals surface area contributed by atoms with E-state index in [4.69, 9.17) is 5.73 Å². The molecule has 2 rings (SSSR count). The van der Waals surface area contributed by atoms with Crippen LogP contribution in [0.2, 0.25) is 0 Å². The Morgan fingerprint density at radius 2 is 1.33 bits per heavy atom. The summed E-state index contributed by atoms with van der Waals surface area (Å²) in [6.07, 6.45) is 2.17. The van der Waals surface area contributed by atoms with Gasteiger partial charge in [0.25, 0.3) is 23.6 Å². The first-order chi connectivity index (χ1) is 8.47. The highest BCUT2D eigenvalue weighted by Gasteiger charge is 2.28. The van der Waals surface area contributed by atoms with E-state index in [0.29, 0.717) is 0 Å². The molecule has 0 aliphatic carbocycles. The molecular weight excluding hydrogens is 258 g/mol. The van der Waals surface area contributed by atoms with Gasteiger partial charge in [-0.15, -0.1) is 0 Å². The molecule has 0 aromatic heterocycles. The first-order valence-electron chi connectivity index (χ1n) is 4.99. The normalized spacial score (nSPS) is 17.7. The van der Waals surface area contributed by atoms with Gasteiger partial charge in [0.2, 0.25) is 0 Å². The number of nitrogens with two attached hydrogens (primary N) is 1. The van der Waals surface area contributed by atoms with Gasteiger partial charge >= 0.3 is 0 Å². The number of amides is 4. The predicted octanol–water partition coefficient (Wildman–Crippen LogP) is -1.23. The van der Waals surface area contributed by atoms with Crippen molar-refractivity contribution < 1.29 is 19.2 Å². The average Bonchev–Trinajstić information content (AvgIpc) is 2.72. The zero-order chi connectivity index (χ0) is 13.7. The minimum atomic E-state index is -0.557. The number of nitrogens with one attached hydrogen (secondary N) is 2. The van der Waals surface area contributed by atoms with Crippen molar-refractivity contribution in [1.82, 2.24) is 10.6 Å². The van der Waals surface area contributed by atoms with Gasteiger partial charge in [0, 0.05) is 12.2 Å². The van der Waals surface area contributed by atoms with Crippen LogP contribution in [-0.4, -0.2) is 30.2 Å². The van der Waals surface area contributed by atoms with Crippen LogP contribution in [0.15, 0.2) is 22.0 Å². The summed E-state index contributed by atoms with van der Waals surface area (Å²) in [6, 6.07) is 0. The monoisotopic (exact) mass is 269 g/mol. The fourth-order valence-corrected chi connectivity index (χ4v) is 1.91. The number of hydrogen-bond acceptors (Lipinski definition) is 6. The molecule has 0 fully saturated rings. The maximum Gasteiger partial charge on any atom is 0.265 e. The maximum absolute atomic E-state index is 11.1. The molecular formula is C10H11N3O4S. The molecule has 7 nitrogen and oxygen atoms in total. The van der Waals surface area contributed by atoms with E-state index in [9.17, 15) is 19.2 Å². The van der Waals surface area contributed by atoms with E-state index in [0.717, 1.165) is 30.5 Å². The number of rotatable bonds is 2. The standard InChI is InChI=1S/C8H4N2O4S.C2H7N/c11-5-1-3(7(13)9-5)15-4-2-6(12)10-8(4)14;1-2-3/h1-2H,(H,9,11,13)(H,10,12,14);2-3H2,1H3. The van der Waals surface area contributed by atoms with Crippen molar-refractivity contribution >= 4 is 35.4 Å². The fourth-order valence-electron chi connectivity index (χ4n) is 1.06. The van der Waals surface area contributed by atoms with Crippen molar-refractivity contribution in [2.75, 3.05) is 6.54 Å². The zero-order valence-corrected chi connectivity index (χ0v) is 10.3. The van der Waals surface area contributed by atoms with Crippen LogP contribution in [0.1, 0.15) is 6.92 Å². The van der Waals surface area contributed by atoms with E-state index in [-0.39, 0.29) is 9.81 Å². The second-order valence-corrected chi connectivity index (χ2v) is 4.25. The van der Waals surface area contributed by atoms with Gasteiger partial charge in [-0.2, -0.15) is 0 Å². The smallest absolute Gasteiger partial charge is 0.265 e. The highest BCUT2D eigenvalue weighted by molar-refractivity contribution is 8.08. The Labute approximate surface area is 107 Å². The lowest BCUT2D eigenvalue weighted by Crippen LogP contribution is -2.23. The zero-order valence-electron chi connectivity index (χ0n) is 9.48. The molecule has 8 heteroatoms. The van der Waals surface area contributed by atoms with E-state index in [1.165, 1.54) is 0 Å². The van der Waals surface area contributed by atoms with E-state index < -0.39 is 23.6 Å². The van der Waals surface area contributed by atoms with E-state index in [1.807, 2.05) is 17.6 Å². The Morgan fingerprint density at radius 3 is 1.56 bits per heavy atom. The molecule has 0 saturated heterocycles. The SMILES string of the molecule is CCN.O=C1C=C(SC2=CC(=O)NC2=O)C(=O)N1. The summed E-state index contributed by atoms with van der Waals surface area (Å²) < 4.78 is 0. The van der Waals surface area contributed by atoms with Crippen LogP contribution < -0.4 is 16.4 Å². The van der Waals surface area contributed by atoms with Gasteiger partial charge in [-0.3, -0.25) is 29.8 Å². The van der Waals surface area contributed by atoms with Crippen molar-refractivity contribution in [1.29, 1.82) is 0 Å². The molecule has 2 aliphatic rings. The molecule has 0 bridgehead atoms. The maximum atomic E-state index is 11.1. The van der Waals surface area contributed by atoms with Gasteiger partial charge < -0.3 is 5.73 Å². The second-order valence-electron chi connectivity index (χ2n) is 3.16. The number of hydrogen-bond donors (Lipinski definition) is 3. The van der Waals surface area contributed by atoms with Gasteiger partial charge in [-0.05, 0) is 6.54 Å². The van der Waals surface area contributed by atoms with Crippen molar-refractivity contribution in [3.63, 3.8) is 0 Å². The predicted molar refractivity (Wildman–Crippen MR) is 64.8 cm³/mol. The fraction of sp³-hybridized carbons (Fsp3) is 0.200. The molecule has 0 aromatic carbocycles. The molecule has 0 spiro atoms. The largest absolute Gasteiger partial charge is 0.331 e. The van der Waals surface area contributed by atoms with Gasteiger partial charge in [0.15, 0.2) is 0 Å². The lowest BCUT2D eigenvalue weighted by Gasteiger charge is -1.97. The van der Waals surface area contributed by atoms with Crippen LogP contribution in [0.4, 0.5) is 0 Å². The van der Waals surface area contributed by atoms with Crippen LogP contribution >= 0.6 is 11.8 Å². The molecule has 18 heavy (non-hydrogen) atoms. The minimum absolute atomic E-state index is 0.108. The second kappa shape index (κ2) is 6.12. The number of thioether (sulfide) groups is 1. The highest BCUT2D eigenvalue weighted by atomic mass is 32.2. The highest BCUT2D eigenvalue weighted by Crippen LogP contribution is 2.29. The molecule has 2 aliphatic heterocycles. The Balaban J connectivity index is 0.000000492. The van der Waals surface area contributed by atoms with E-state index in [2.05, 4.69) is 0 Å². The van der Waals surface area contributed by atoms with Crippen molar-refractivity contribution in [3.8, 4) is 0 Å². The summed E-state index contributed by atoms with van der Waals surface area (Å²) in [7, 11) is 0. The van der Waals surface area contributed by atoms with Gasteiger partial charge in [-0.1, -0.05) is 18.7 Å². The Kier molecular flexibility index (Phi) is 4.81. The minimum Gasteiger partial charge on any atom is -0.331 e. The summed E-state index contributed by atoms with van der Waals surface area (Å²) in [5.74, 6) is -2.16. The average molecular weight is 269 g/mol. The van der Waals surface area contributed by atoms with Crippen molar-refractivity contribution in [2.24, 2.45) is 5.73 Å². The molecule has 0 aromatic rings. The first kappa shape index (κ1) is 14.1. The third kappa shape index (κ3) is 3.54. The third-order valence-corrected chi connectivity index (χ3v) is 2.71. The van der Waals surface area contributed by atoms with Crippen molar-refractivity contribution in [3.05, 3.63) is 22.0 Å². The lowest BCUT2D eigenvalue weighted by atomic mass is 10.5. The quantitative estimate of drug-likeness (QED) is 0.540. The van der Waals surface area contributed by atoms with Gasteiger partial charge in [0.1, 0.15) is 0 Å². The lowest BCUT2D eigenvalue weighted by molar-refractivity contribution is -0.125. The van der Waals surface area contributed by atoms with Gasteiger partial charge in [-0.25, -0.2) is 0 Å². The van der Waals surface area contributed by atoms with Crippen LogP contribution in [0, 0.1) is 0 Å². The Morgan fingerprint density at radius 1 is 1.00 bits per heavy atom. The van der Waals surface area contributed by atoms with E-state index in [1.54, 1.807) is 0 Å². The van der Waals surface area contributed by atoms with Crippen LogP contribution in [0.3, 0.4) is 0 Å². The summed E-state index contributed by atoms with van der Waals surface area (Å²) in [5, 5.41) is 4.06. The number of carbonyl (C=O) groups excluding carboxylic acids is 4. The number of imide groups is 2. The van der Waals surface area contributed by atoms with Crippen LogP contribution in [0.25, 0.3) is 0 Å². The summed E-state index contributed by atoms with van der Waals surface area (Å²) >= 11 is 0.795. The molecule has 0 saturated carbocycles. The topological polar surface area (TPSA) is 118 Å². The molecule has 96 valence electrons. The first-order valence-corrected chi connectivity index (χ1v) is 5.81. The molecule has 4 amide bonds. The summed E-state index contributed by atoms with van der Waals surface area (Å²) in [6.45, 7) is 2.65. The van der Waals surface area contributed by atoms with Gasteiger partial charge in [0.05, 0.1) is 9.81 Å². The molecule has 0 unspecified atom stereocenters. The Bertz CT molecular complexity index is 440. The molecule has 0 radical (unpaired) electrons. The molecule has 2 heterocycles. The summed E-state index contributed by atoms with van der Waals surface area (Å²) in [4.78, 5) is 44.0. The van der Waals surface area contributed by atoms with Crippen LogP contribution in [-0.2, 0) is 19.2 Å². The van der Waals surface area contributed by atoms with Crippen LogP contribution in [0.5, 0.6) is 0 Å². The Hall–Kier alpha value is -1.93. The van der Waals surface area contributed by atoms with E-state index >= 15 is 0 Å². The van der Waals surface area contributed by atoms with Crippen molar-refractivity contribution in [2.45, 2.75) is 6.92 Å². The molecule has 0 atom stereocenters. The summed E-state index contributed by atoms with van der Waals surface area (Å²) in [5.41, 5.74) is 4.85.